The minimum Gasteiger partial charge on any atom is -0.493 e. The van der Waals surface area contributed by atoms with Gasteiger partial charge in [0.25, 0.3) is 5.56 Å². The molecule has 0 radical (unpaired) electrons. The normalized spacial score (nSPS) is 11.2. The van der Waals surface area contributed by atoms with Crippen molar-refractivity contribution in [2.45, 2.75) is 13.8 Å². The number of aromatic amines is 1. The maximum absolute atomic E-state index is 12.9. The molecule has 0 aliphatic carbocycles. The Morgan fingerprint density at radius 3 is 2.46 bits per heavy atom. The molecule has 6 nitrogen and oxygen atoms in total. The van der Waals surface area contributed by atoms with E-state index >= 15 is 0 Å². The van der Waals surface area contributed by atoms with Gasteiger partial charge >= 0.3 is 5.69 Å². The number of halogens is 1. The van der Waals surface area contributed by atoms with E-state index in [9.17, 15) is 19.1 Å². The van der Waals surface area contributed by atoms with E-state index in [1.807, 2.05) is 13.0 Å². The third-order valence-electron chi connectivity index (χ3n) is 3.88. The summed E-state index contributed by atoms with van der Waals surface area (Å²) in [5.41, 5.74) is 0.920. The zero-order valence-electron chi connectivity index (χ0n) is 14.2. The molecule has 0 unspecified atom stereocenters. The van der Waals surface area contributed by atoms with Crippen LogP contribution in [-0.2, 0) is 0 Å². The molecule has 0 spiro atoms. The molecule has 0 aliphatic heterocycles. The molecule has 0 saturated carbocycles. The molecule has 26 heavy (non-hydrogen) atoms. The van der Waals surface area contributed by atoms with Crippen LogP contribution in [0.15, 0.2) is 57.0 Å². The summed E-state index contributed by atoms with van der Waals surface area (Å²) >= 11 is 0. The van der Waals surface area contributed by atoms with Crippen LogP contribution in [0, 0.1) is 19.7 Å². The predicted molar refractivity (Wildman–Crippen MR) is 97.5 cm³/mol. The number of hydrogen-bond acceptors (Lipinski definition) is 4. The highest BCUT2D eigenvalue weighted by Crippen LogP contribution is 2.20. The van der Waals surface area contributed by atoms with Crippen LogP contribution in [0.3, 0.4) is 0 Å². The fourth-order valence-corrected chi connectivity index (χ4v) is 2.60. The Kier molecular flexibility index (Phi) is 4.53. The standard InChI is InChI=1S/C19H16FN3O3/c1-11-3-8-16(12(2)9-11)23-18(25)15(17(24)22-19(23)26)10-21-14-6-4-13(20)5-7-14/h3-10,25H,1-2H3,(H,22,24,26). The van der Waals surface area contributed by atoms with Crippen LogP contribution in [0.5, 0.6) is 5.88 Å². The van der Waals surface area contributed by atoms with E-state index in [1.54, 1.807) is 19.1 Å². The zero-order valence-corrected chi connectivity index (χ0v) is 14.2. The van der Waals surface area contributed by atoms with Gasteiger partial charge in [0.2, 0.25) is 5.88 Å². The van der Waals surface area contributed by atoms with Gasteiger partial charge in [0, 0.05) is 6.21 Å². The Labute approximate surface area is 147 Å². The Morgan fingerprint density at radius 1 is 1.12 bits per heavy atom. The molecular weight excluding hydrogens is 337 g/mol. The summed E-state index contributed by atoms with van der Waals surface area (Å²) in [6, 6.07) is 10.7. The first-order valence-electron chi connectivity index (χ1n) is 7.82. The van der Waals surface area contributed by atoms with Crippen LogP contribution in [0.25, 0.3) is 5.69 Å². The van der Waals surface area contributed by atoms with Gasteiger partial charge < -0.3 is 5.11 Å². The van der Waals surface area contributed by atoms with Gasteiger partial charge in [-0.3, -0.25) is 14.8 Å². The Hall–Kier alpha value is -3.48. The van der Waals surface area contributed by atoms with Crippen molar-refractivity contribution in [3.05, 3.63) is 85.8 Å². The van der Waals surface area contributed by atoms with Gasteiger partial charge in [0.05, 0.1) is 11.4 Å². The summed E-state index contributed by atoms with van der Waals surface area (Å²) in [6.45, 7) is 3.71. The quantitative estimate of drug-likeness (QED) is 0.710. The first-order valence-corrected chi connectivity index (χ1v) is 7.82. The van der Waals surface area contributed by atoms with E-state index < -0.39 is 22.9 Å². The van der Waals surface area contributed by atoms with Gasteiger partial charge in [0.1, 0.15) is 11.4 Å². The minimum absolute atomic E-state index is 0.172. The van der Waals surface area contributed by atoms with Gasteiger partial charge in [-0.05, 0) is 49.7 Å². The summed E-state index contributed by atoms with van der Waals surface area (Å²) in [5.74, 6) is -0.926. The molecule has 1 heterocycles. The van der Waals surface area contributed by atoms with E-state index in [1.165, 1.54) is 24.3 Å². The molecule has 3 rings (SSSR count). The molecule has 2 aromatic carbocycles. The van der Waals surface area contributed by atoms with Crippen molar-refractivity contribution in [3.8, 4) is 11.6 Å². The monoisotopic (exact) mass is 353 g/mol. The molecule has 0 bridgehead atoms. The van der Waals surface area contributed by atoms with E-state index in [4.69, 9.17) is 0 Å². The third kappa shape index (κ3) is 3.32. The number of aromatic hydroxyl groups is 1. The molecule has 1 aromatic heterocycles. The molecule has 2 N–H and O–H groups in total. The number of H-pyrrole nitrogens is 1. The molecular formula is C19H16FN3O3. The minimum atomic E-state index is -0.764. The lowest BCUT2D eigenvalue weighted by atomic mass is 10.1. The van der Waals surface area contributed by atoms with Crippen LogP contribution < -0.4 is 11.2 Å². The van der Waals surface area contributed by atoms with Crippen LogP contribution >= 0.6 is 0 Å². The highest BCUT2D eigenvalue weighted by atomic mass is 19.1. The van der Waals surface area contributed by atoms with Gasteiger partial charge in [0.15, 0.2) is 0 Å². The molecule has 0 amide bonds. The number of nitrogens with zero attached hydrogens (tertiary/aromatic N) is 2. The lowest BCUT2D eigenvalue weighted by Crippen LogP contribution is -2.31. The van der Waals surface area contributed by atoms with Gasteiger partial charge in [-0.2, -0.15) is 0 Å². The molecule has 3 aromatic rings. The summed E-state index contributed by atoms with van der Waals surface area (Å²) < 4.78 is 14.0. The van der Waals surface area contributed by atoms with Gasteiger partial charge in [-0.25, -0.2) is 13.8 Å². The Balaban J connectivity index is 2.14. The highest BCUT2D eigenvalue weighted by molar-refractivity contribution is 5.84. The smallest absolute Gasteiger partial charge is 0.335 e. The van der Waals surface area contributed by atoms with Crippen molar-refractivity contribution in [2.24, 2.45) is 4.99 Å². The van der Waals surface area contributed by atoms with E-state index in [0.29, 0.717) is 11.4 Å². The largest absolute Gasteiger partial charge is 0.493 e. The van der Waals surface area contributed by atoms with Crippen molar-refractivity contribution in [1.29, 1.82) is 0 Å². The van der Waals surface area contributed by atoms with Crippen LogP contribution in [0.1, 0.15) is 16.7 Å². The summed E-state index contributed by atoms with van der Waals surface area (Å²) in [4.78, 5) is 30.5. The number of aliphatic imine (C=N–C) groups is 1. The lowest BCUT2D eigenvalue weighted by Gasteiger charge is -2.12. The number of nitrogens with one attached hydrogen (secondary N) is 1. The van der Waals surface area contributed by atoms with Crippen molar-refractivity contribution in [3.63, 3.8) is 0 Å². The van der Waals surface area contributed by atoms with Gasteiger partial charge in [-0.15, -0.1) is 0 Å². The van der Waals surface area contributed by atoms with E-state index in [-0.39, 0.29) is 5.56 Å². The second kappa shape index (κ2) is 6.79. The Morgan fingerprint density at radius 2 is 1.81 bits per heavy atom. The van der Waals surface area contributed by atoms with E-state index in [0.717, 1.165) is 21.9 Å². The highest BCUT2D eigenvalue weighted by Gasteiger charge is 2.15. The average Bonchev–Trinajstić information content (AvgIpc) is 2.58. The third-order valence-corrected chi connectivity index (χ3v) is 3.88. The van der Waals surface area contributed by atoms with Gasteiger partial charge in [-0.1, -0.05) is 17.7 Å². The summed E-state index contributed by atoms with van der Waals surface area (Å²) in [5, 5.41) is 10.5. The second-order valence-electron chi connectivity index (χ2n) is 5.86. The SMILES string of the molecule is Cc1ccc(-n2c(O)c(C=Nc3ccc(F)cc3)c(=O)[nH]c2=O)c(C)c1. The average molecular weight is 353 g/mol. The fourth-order valence-electron chi connectivity index (χ4n) is 2.60. The van der Waals surface area contributed by atoms with Crippen LogP contribution in [0.2, 0.25) is 0 Å². The number of benzene rings is 2. The molecule has 0 saturated heterocycles. The zero-order chi connectivity index (χ0) is 18.8. The maximum Gasteiger partial charge on any atom is 0.335 e. The molecule has 132 valence electrons. The summed E-state index contributed by atoms with van der Waals surface area (Å²) in [7, 11) is 0. The number of aromatic nitrogens is 2. The predicted octanol–water partition coefficient (Wildman–Crippen LogP) is 2.74. The van der Waals surface area contributed by atoms with Crippen molar-refractivity contribution >= 4 is 11.9 Å². The first-order chi connectivity index (χ1) is 12.4. The molecule has 0 atom stereocenters. The molecule has 0 fully saturated rings. The molecule has 7 heteroatoms. The van der Waals surface area contributed by atoms with Crippen molar-refractivity contribution < 1.29 is 9.50 Å². The summed E-state index contributed by atoms with van der Waals surface area (Å²) in [6.07, 6.45) is 1.14. The fraction of sp³-hybridized carbons (Fsp3) is 0.105. The number of hydrogen-bond donors (Lipinski definition) is 2. The Bertz CT molecular complexity index is 1110. The topological polar surface area (TPSA) is 87.4 Å². The van der Waals surface area contributed by atoms with E-state index in [2.05, 4.69) is 9.98 Å². The van der Waals surface area contributed by atoms with Crippen LogP contribution in [-0.4, -0.2) is 20.9 Å². The number of aryl methyl sites for hydroxylation is 2. The maximum atomic E-state index is 12.9. The van der Waals surface area contributed by atoms with Crippen molar-refractivity contribution in [2.75, 3.05) is 0 Å². The number of rotatable bonds is 3. The lowest BCUT2D eigenvalue weighted by molar-refractivity contribution is 0.430. The van der Waals surface area contributed by atoms with Crippen molar-refractivity contribution in [1.82, 2.24) is 9.55 Å². The second-order valence-corrected chi connectivity index (χ2v) is 5.86. The first kappa shape index (κ1) is 17.3. The van der Waals surface area contributed by atoms with Crippen LogP contribution in [0.4, 0.5) is 10.1 Å². The molecule has 0 aliphatic rings.